The number of rotatable bonds is 4. The van der Waals surface area contributed by atoms with E-state index in [1.54, 1.807) is 7.05 Å². The van der Waals surface area contributed by atoms with Gasteiger partial charge in [0.1, 0.15) is 0 Å². The van der Waals surface area contributed by atoms with E-state index >= 15 is 0 Å². The Hall–Kier alpha value is -2.09. The zero-order chi connectivity index (χ0) is 14.5. The van der Waals surface area contributed by atoms with Crippen LogP contribution >= 0.6 is 0 Å². The minimum absolute atomic E-state index is 0.0597. The lowest BCUT2D eigenvalue weighted by atomic mass is 10.1. The van der Waals surface area contributed by atoms with E-state index in [2.05, 4.69) is 15.3 Å². The number of aliphatic hydroxyl groups is 1. The molecule has 0 aliphatic heterocycles. The average molecular weight is 279 g/mol. The van der Waals surface area contributed by atoms with Crippen molar-refractivity contribution in [3.8, 4) is 0 Å². The molecule has 1 fully saturated rings. The summed E-state index contributed by atoms with van der Waals surface area (Å²) in [5.74, 6) is 0.443. The van der Waals surface area contributed by atoms with Crippen molar-refractivity contribution in [1.82, 2.24) is 19.1 Å². The molecule has 20 heavy (non-hydrogen) atoms. The van der Waals surface area contributed by atoms with Crippen LogP contribution in [-0.2, 0) is 14.1 Å². The van der Waals surface area contributed by atoms with Gasteiger partial charge in [0.05, 0.1) is 6.61 Å². The van der Waals surface area contributed by atoms with Gasteiger partial charge in [0, 0.05) is 26.1 Å². The molecule has 0 bridgehead atoms. The Kier molecular flexibility index (Phi) is 2.72. The maximum Gasteiger partial charge on any atom is 0.332 e. The number of hydrogen-bond donors (Lipinski definition) is 3. The van der Waals surface area contributed by atoms with Gasteiger partial charge in [-0.3, -0.25) is 13.9 Å². The van der Waals surface area contributed by atoms with E-state index in [0.717, 1.165) is 17.4 Å². The van der Waals surface area contributed by atoms with Crippen molar-refractivity contribution in [2.24, 2.45) is 19.5 Å². The van der Waals surface area contributed by atoms with Gasteiger partial charge in [-0.2, -0.15) is 4.98 Å². The fourth-order valence-corrected chi connectivity index (χ4v) is 2.25. The SMILES string of the molecule is Cn1c(=O)c2[nH]c(NCC3(CO)CC3)nc2n(C)c1=O. The predicted molar refractivity (Wildman–Crippen MR) is 73.8 cm³/mol. The van der Waals surface area contributed by atoms with E-state index in [1.165, 1.54) is 11.6 Å². The van der Waals surface area contributed by atoms with Crippen molar-refractivity contribution in [1.29, 1.82) is 0 Å². The molecule has 0 spiro atoms. The normalized spacial score (nSPS) is 16.6. The Morgan fingerprint density at radius 3 is 2.65 bits per heavy atom. The van der Waals surface area contributed by atoms with Crippen LogP contribution in [0.4, 0.5) is 5.95 Å². The second-order valence-corrected chi connectivity index (χ2v) is 5.50. The highest BCUT2D eigenvalue weighted by Crippen LogP contribution is 2.44. The molecule has 3 N–H and O–H groups in total. The van der Waals surface area contributed by atoms with E-state index in [1.807, 2.05) is 0 Å². The first-order valence-electron chi connectivity index (χ1n) is 6.48. The number of imidazole rings is 1. The van der Waals surface area contributed by atoms with Gasteiger partial charge in [0.15, 0.2) is 11.2 Å². The molecule has 8 heteroatoms. The average Bonchev–Trinajstić information content (AvgIpc) is 3.12. The molecule has 108 valence electrons. The molecule has 0 radical (unpaired) electrons. The maximum absolute atomic E-state index is 12.0. The fraction of sp³-hybridized carbons (Fsp3) is 0.583. The minimum Gasteiger partial charge on any atom is -0.396 e. The first kappa shape index (κ1) is 12.9. The van der Waals surface area contributed by atoms with Gasteiger partial charge in [0.25, 0.3) is 5.56 Å². The molecule has 2 aromatic heterocycles. The van der Waals surface area contributed by atoms with Crippen LogP contribution in [0.2, 0.25) is 0 Å². The third-order valence-electron chi connectivity index (χ3n) is 4.02. The van der Waals surface area contributed by atoms with Crippen LogP contribution in [0.15, 0.2) is 9.59 Å². The number of anilines is 1. The molecular formula is C12H17N5O3. The number of fused-ring (bicyclic) bond motifs is 1. The third kappa shape index (κ3) is 1.83. The number of aliphatic hydroxyl groups excluding tert-OH is 1. The Morgan fingerprint density at radius 1 is 1.35 bits per heavy atom. The van der Waals surface area contributed by atoms with Crippen LogP contribution in [0.25, 0.3) is 11.2 Å². The van der Waals surface area contributed by atoms with Gasteiger partial charge >= 0.3 is 5.69 Å². The molecule has 1 aliphatic carbocycles. The summed E-state index contributed by atoms with van der Waals surface area (Å²) in [6.45, 7) is 0.734. The summed E-state index contributed by atoms with van der Waals surface area (Å²) in [4.78, 5) is 30.9. The molecule has 1 saturated carbocycles. The second-order valence-electron chi connectivity index (χ2n) is 5.50. The van der Waals surface area contributed by atoms with E-state index < -0.39 is 11.2 Å². The molecule has 0 amide bonds. The van der Waals surface area contributed by atoms with Gasteiger partial charge in [-0.05, 0) is 12.8 Å². The Morgan fingerprint density at radius 2 is 2.05 bits per heavy atom. The molecule has 2 heterocycles. The first-order valence-corrected chi connectivity index (χ1v) is 6.48. The Balaban J connectivity index is 1.99. The monoisotopic (exact) mass is 279 g/mol. The molecule has 0 saturated heterocycles. The lowest BCUT2D eigenvalue weighted by Crippen LogP contribution is -2.36. The van der Waals surface area contributed by atoms with Gasteiger partial charge < -0.3 is 15.4 Å². The van der Waals surface area contributed by atoms with Crippen LogP contribution < -0.4 is 16.6 Å². The summed E-state index contributed by atoms with van der Waals surface area (Å²) < 4.78 is 2.37. The minimum atomic E-state index is -0.408. The largest absolute Gasteiger partial charge is 0.396 e. The number of aryl methyl sites for hydroxylation is 1. The molecule has 2 aromatic rings. The van der Waals surface area contributed by atoms with Crippen LogP contribution in [-0.4, -0.2) is 37.4 Å². The van der Waals surface area contributed by atoms with Crippen LogP contribution in [0.1, 0.15) is 12.8 Å². The zero-order valence-electron chi connectivity index (χ0n) is 11.4. The molecule has 8 nitrogen and oxygen atoms in total. The summed E-state index contributed by atoms with van der Waals surface area (Å²) in [6.07, 6.45) is 1.97. The van der Waals surface area contributed by atoms with Crippen molar-refractivity contribution in [3.05, 3.63) is 20.8 Å². The van der Waals surface area contributed by atoms with Crippen molar-refractivity contribution < 1.29 is 5.11 Å². The number of aromatic amines is 1. The number of nitrogens with zero attached hydrogens (tertiary/aromatic N) is 3. The summed E-state index contributed by atoms with van der Waals surface area (Å²) >= 11 is 0. The number of hydrogen-bond acceptors (Lipinski definition) is 5. The van der Waals surface area contributed by atoms with Crippen LogP contribution in [0.3, 0.4) is 0 Å². The smallest absolute Gasteiger partial charge is 0.332 e. The van der Waals surface area contributed by atoms with Crippen LogP contribution in [0, 0.1) is 5.41 Å². The lowest BCUT2D eigenvalue weighted by Gasteiger charge is -2.11. The molecule has 0 atom stereocenters. The first-order chi connectivity index (χ1) is 9.47. The van der Waals surface area contributed by atoms with Crippen molar-refractivity contribution >= 4 is 17.1 Å². The maximum atomic E-state index is 12.0. The standard InChI is InChI=1S/C12H17N5O3/c1-16-8-7(9(19)17(2)11(16)20)14-10(15-8)13-5-12(6-18)3-4-12/h18H,3-6H2,1-2H3,(H2,13,14,15). The van der Waals surface area contributed by atoms with E-state index in [4.69, 9.17) is 0 Å². The van der Waals surface area contributed by atoms with E-state index in [9.17, 15) is 14.7 Å². The van der Waals surface area contributed by atoms with E-state index in [-0.39, 0.29) is 12.0 Å². The van der Waals surface area contributed by atoms with Gasteiger partial charge in [-0.15, -0.1) is 0 Å². The molecule has 0 aromatic carbocycles. The molecule has 3 rings (SSSR count). The summed E-state index contributed by atoms with van der Waals surface area (Å²) in [5, 5.41) is 12.4. The zero-order valence-corrected chi connectivity index (χ0v) is 11.4. The van der Waals surface area contributed by atoms with Crippen molar-refractivity contribution in [2.45, 2.75) is 12.8 Å². The predicted octanol–water partition coefficient (Wildman–Crippen LogP) is -0.855. The molecular weight excluding hydrogens is 262 g/mol. The quantitative estimate of drug-likeness (QED) is 0.676. The highest BCUT2D eigenvalue weighted by molar-refractivity contribution is 5.72. The second kappa shape index (κ2) is 4.20. The van der Waals surface area contributed by atoms with Crippen LogP contribution in [0.5, 0.6) is 0 Å². The van der Waals surface area contributed by atoms with Crippen molar-refractivity contribution in [3.63, 3.8) is 0 Å². The van der Waals surface area contributed by atoms with Gasteiger partial charge in [0.2, 0.25) is 5.95 Å². The summed E-state index contributed by atoms with van der Waals surface area (Å²) in [5.41, 5.74) is -0.238. The third-order valence-corrected chi connectivity index (χ3v) is 4.02. The Labute approximate surface area is 114 Å². The highest BCUT2D eigenvalue weighted by Gasteiger charge is 2.41. The van der Waals surface area contributed by atoms with Crippen molar-refractivity contribution in [2.75, 3.05) is 18.5 Å². The number of aromatic nitrogens is 4. The topological polar surface area (TPSA) is 105 Å². The summed E-state index contributed by atoms with van der Waals surface area (Å²) in [7, 11) is 3.01. The molecule has 0 unspecified atom stereocenters. The van der Waals surface area contributed by atoms with Gasteiger partial charge in [-0.1, -0.05) is 0 Å². The Bertz CT molecular complexity index is 781. The van der Waals surface area contributed by atoms with Gasteiger partial charge in [-0.25, -0.2) is 4.79 Å². The lowest BCUT2D eigenvalue weighted by molar-refractivity contribution is 0.219. The number of H-pyrrole nitrogens is 1. The highest BCUT2D eigenvalue weighted by atomic mass is 16.3. The summed E-state index contributed by atoms with van der Waals surface area (Å²) in [6, 6.07) is 0. The van der Waals surface area contributed by atoms with E-state index in [0.29, 0.717) is 23.7 Å². The molecule has 1 aliphatic rings. The fourth-order valence-electron chi connectivity index (χ4n) is 2.25. The number of nitrogens with one attached hydrogen (secondary N) is 2.